The molecule has 23 heavy (non-hydrogen) atoms. The molecule has 4 bridgehead atoms. The third-order valence-electron chi connectivity index (χ3n) is 7.49. The third kappa shape index (κ3) is 1.62. The first-order valence-electron chi connectivity index (χ1n) is 8.87. The lowest BCUT2D eigenvalue weighted by Crippen LogP contribution is -2.27. The highest BCUT2D eigenvalue weighted by atomic mass is 79.9. The van der Waals surface area contributed by atoms with Crippen LogP contribution in [-0.4, -0.2) is 12.1 Å². The molecular formula is C20H19BrO2. The van der Waals surface area contributed by atoms with Crippen LogP contribution in [0.1, 0.15) is 23.2 Å². The van der Waals surface area contributed by atoms with Gasteiger partial charge < -0.3 is 4.74 Å². The van der Waals surface area contributed by atoms with E-state index in [0.29, 0.717) is 17.4 Å². The van der Waals surface area contributed by atoms with Crippen molar-refractivity contribution in [1.29, 1.82) is 0 Å². The third-order valence-corrected chi connectivity index (χ3v) is 8.02. The van der Waals surface area contributed by atoms with Gasteiger partial charge in [-0.2, -0.15) is 0 Å². The molecule has 0 radical (unpaired) electrons. The number of esters is 1. The van der Waals surface area contributed by atoms with Gasteiger partial charge in [0.1, 0.15) is 6.10 Å². The van der Waals surface area contributed by atoms with Crippen molar-refractivity contribution in [3.05, 3.63) is 46.5 Å². The molecule has 0 heterocycles. The van der Waals surface area contributed by atoms with Crippen molar-refractivity contribution in [3.8, 4) is 0 Å². The number of carbonyl (C=O) groups excluding carboxylic acids is 1. The van der Waals surface area contributed by atoms with Gasteiger partial charge in [0.15, 0.2) is 0 Å². The average Bonchev–Trinajstić information content (AvgIpc) is 2.87. The highest BCUT2D eigenvalue weighted by Crippen LogP contribution is 2.76. The minimum atomic E-state index is -0.154. The number of carbonyl (C=O) groups is 1. The largest absolute Gasteiger partial charge is 0.458 e. The Morgan fingerprint density at radius 1 is 0.913 bits per heavy atom. The summed E-state index contributed by atoms with van der Waals surface area (Å²) in [5.74, 6) is 6.35. The summed E-state index contributed by atoms with van der Waals surface area (Å²) < 4.78 is 7.01. The van der Waals surface area contributed by atoms with Gasteiger partial charge in [-0.25, -0.2) is 4.79 Å². The van der Waals surface area contributed by atoms with Crippen LogP contribution >= 0.6 is 15.9 Å². The number of fused-ring (bicyclic) bond motifs is 12. The summed E-state index contributed by atoms with van der Waals surface area (Å²) in [6, 6.07) is 7.49. The molecule has 0 aromatic heterocycles. The molecule has 5 aliphatic rings. The fraction of sp³-hybridized carbons (Fsp3) is 0.550. The van der Waals surface area contributed by atoms with Crippen LogP contribution in [0, 0.1) is 47.3 Å². The van der Waals surface area contributed by atoms with Gasteiger partial charge in [0.05, 0.1) is 5.56 Å². The molecule has 118 valence electrons. The molecule has 0 spiro atoms. The van der Waals surface area contributed by atoms with Crippen molar-refractivity contribution in [3.63, 3.8) is 0 Å². The molecule has 9 atom stereocenters. The Hall–Kier alpha value is -1.09. The Bertz CT molecular complexity index is 694. The SMILES string of the molecule is O=C(OC1[C@H]2C=C[C@@H]1[C@@H]1[C@H]3C[C@H]([C@@H]4C[C@@H]43)[C@@H]12)c1ccc(Br)cc1. The molecule has 1 aromatic rings. The Morgan fingerprint density at radius 3 is 2.09 bits per heavy atom. The summed E-state index contributed by atoms with van der Waals surface area (Å²) in [5, 5.41) is 0. The molecule has 3 heteroatoms. The number of hydrogen-bond acceptors (Lipinski definition) is 2. The summed E-state index contributed by atoms with van der Waals surface area (Å²) in [6.07, 6.45) is 7.79. The molecule has 1 aromatic carbocycles. The molecule has 4 fully saturated rings. The smallest absolute Gasteiger partial charge is 0.338 e. The molecule has 0 aliphatic heterocycles. The maximum Gasteiger partial charge on any atom is 0.338 e. The number of ether oxygens (including phenoxy) is 1. The summed E-state index contributed by atoms with van der Waals surface area (Å²) in [6.45, 7) is 0. The summed E-state index contributed by atoms with van der Waals surface area (Å²) >= 11 is 3.41. The van der Waals surface area contributed by atoms with Crippen LogP contribution in [0.25, 0.3) is 0 Å². The second-order valence-corrected chi connectivity index (χ2v) is 9.11. The van der Waals surface area contributed by atoms with E-state index in [9.17, 15) is 4.79 Å². The monoisotopic (exact) mass is 370 g/mol. The molecule has 6 rings (SSSR count). The van der Waals surface area contributed by atoms with Crippen molar-refractivity contribution in [2.45, 2.75) is 18.9 Å². The standard InChI is InChI=1S/C20H19BrO2/c21-10-3-1-9(2-4-10)20(22)23-19-11-5-6-12(19)18-16-8-15(17(11)18)13-7-14(13)16/h1-6,11-19H,7-8H2/t11-,12+,13+,14-,15+,16-,17-,18+,19?. The topological polar surface area (TPSA) is 26.3 Å². The minimum Gasteiger partial charge on any atom is -0.458 e. The predicted octanol–water partition coefficient (Wildman–Crippen LogP) is 4.31. The first-order chi connectivity index (χ1) is 11.2. The van der Waals surface area contributed by atoms with Crippen LogP contribution in [-0.2, 0) is 4.74 Å². The lowest BCUT2D eigenvalue weighted by Gasteiger charge is -2.30. The summed E-state index contributed by atoms with van der Waals surface area (Å²) in [4.78, 5) is 12.5. The van der Waals surface area contributed by atoms with Gasteiger partial charge in [-0.3, -0.25) is 0 Å². The van der Waals surface area contributed by atoms with E-state index in [2.05, 4.69) is 28.1 Å². The van der Waals surface area contributed by atoms with E-state index in [-0.39, 0.29) is 12.1 Å². The van der Waals surface area contributed by atoms with Crippen LogP contribution in [0.15, 0.2) is 40.9 Å². The fourth-order valence-electron chi connectivity index (χ4n) is 6.79. The van der Waals surface area contributed by atoms with Gasteiger partial charge in [0, 0.05) is 16.3 Å². The molecular weight excluding hydrogens is 352 g/mol. The molecule has 0 N–H and O–H groups in total. The Kier molecular flexibility index (Phi) is 2.47. The van der Waals surface area contributed by atoms with E-state index in [1.807, 2.05) is 24.3 Å². The summed E-state index contributed by atoms with van der Waals surface area (Å²) in [5.41, 5.74) is 0.662. The van der Waals surface area contributed by atoms with Crippen molar-refractivity contribution in [2.75, 3.05) is 0 Å². The molecule has 4 saturated carbocycles. The van der Waals surface area contributed by atoms with E-state index in [1.165, 1.54) is 12.8 Å². The molecule has 0 saturated heterocycles. The van der Waals surface area contributed by atoms with Gasteiger partial charge in [-0.05, 0) is 72.6 Å². The first kappa shape index (κ1) is 13.2. The molecule has 0 amide bonds. The maximum atomic E-state index is 12.5. The van der Waals surface area contributed by atoms with Crippen LogP contribution < -0.4 is 0 Å². The highest BCUT2D eigenvalue weighted by Gasteiger charge is 2.72. The van der Waals surface area contributed by atoms with Gasteiger partial charge in [0.2, 0.25) is 0 Å². The Labute approximate surface area is 144 Å². The van der Waals surface area contributed by atoms with Crippen molar-refractivity contribution in [1.82, 2.24) is 0 Å². The van der Waals surface area contributed by atoms with Crippen LogP contribution in [0.5, 0.6) is 0 Å². The van der Waals surface area contributed by atoms with E-state index in [0.717, 1.165) is 40.0 Å². The fourth-order valence-corrected chi connectivity index (χ4v) is 7.05. The Balaban J connectivity index is 1.26. The van der Waals surface area contributed by atoms with Gasteiger partial charge >= 0.3 is 5.97 Å². The summed E-state index contributed by atoms with van der Waals surface area (Å²) in [7, 11) is 0. The predicted molar refractivity (Wildman–Crippen MR) is 89.6 cm³/mol. The zero-order chi connectivity index (χ0) is 15.3. The van der Waals surface area contributed by atoms with Gasteiger partial charge in [-0.1, -0.05) is 28.1 Å². The van der Waals surface area contributed by atoms with E-state index in [4.69, 9.17) is 4.74 Å². The number of halogens is 1. The number of rotatable bonds is 2. The highest BCUT2D eigenvalue weighted by molar-refractivity contribution is 9.10. The van der Waals surface area contributed by atoms with E-state index in [1.54, 1.807) is 0 Å². The second-order valence-electron chi connectivity index (χ2n) is 8.20. The lowest BCUT2D eigenvalue weighted by molar-refractivity contribution is 0.0161. The number of benzene rings is 1. The maximum absolute atomic E-state index is 12.5. The van der Waals surface area contributed by atoms with Crippen molar-refractivity contribution in [2.24, 2.45) is 47.3 Å². The van der Waals surface area contributed by atoms with Gasteiger partial charge in [0.25, 0.3) is 0 Å². The molecule has 1 unspecified atom stereocenters. The zero-order valence-corrected chi connectivity index (χ0v) is 14.4. The lowest BCUT2D eigenvalue weighted by atomic mass is 9.73. The van der Waals surface area contributed by atoms with Gasteiger partial charge in [-0.15, -0.1) is 0 Å². The molecule has 5 aliphatic carbocycles. The van der Waals surface area contributed by atoms with Crippen molar-refractivity contribution < 1.29 is 9.53 Å². The Morgan fingerprint density at radius 2 is 1.48 bits per heavy atom. The first-order valence-corrected chi connectivity index (χ1v) is 9.66. The quantitative estimate of drug-likeness (QED) is 0.440. The van der Waals surface area contributed by atoms with E-state index >= 15 is 0 Å². The average molecular weight is 371 g/mol. The van der Waals surface area contributed by atoms with Crippen LogP contribution in [0.3, 0.4) is 0 Å². The minimum absolute atomic E-state index is 0.101. The normalized spacial score (nSPS) is 50.0. The van der Waals surface area contributed by atoms with Crippen molar-refractivity contribution >= 4 is 21.9 Å². The van der Waals surface area contributed by atoms with Crippen LogP contribution in [0.2, 0.25) is 0 Å². The molecule has 2 nitrogen and oxygen atoms in total. The second kappa shape index (κ2) is 4.30. The number of hydrogen-bond donors (Lipinski definition) is 0. The van der Waals surface area contributed by atoms with Crippen LogP contribution in [0.4, 0.5) is 0 Å². The van der Waals surface area contributed by atoms with E-state index < -0.39 is 0 Å². The zero-order valence-electron chi connectivity index (χ0n) is 12.8.